The van der Waals surface area contributed by atoms with Crippen LogP contribution in [0.4, 0.5) is 17.6 Å². The summed E-state index contributed by atoms with van der Waals surface area (Å²) in [6, 6.07) is 19.3. The molecule has 0 bridgehead atoms. The summed E-state index contributed by atoms with van der Waals surface area (Å²) in [5.74, 6) is -1.46. The average Bonchev–Trinajstić information content (AvgIpc) is 3.33. The molecule has 212 valence electrons. The zero-order chi connectivity index (χ0) is 28.9. The summed E-state index contributed by atoms with van der Waals surface area (Å²) in [6.45, 7) is 0.0597. The van der Waals surface area contributed by atoms with E-state index < -0.39 is 41.0 Å². The first-order valence-corrected chi connectivity index (χ1v) is 13.7. The fourth-order valence-corrected chi connectivity index (χ4v) is 6.95. The van der Waals surface area contributed by atoms with Crippen molar-refractivity contribution in [1.29, 1.82) is 0 Å². The van der Waals surface area contributed by atoms with E-state index in [2.05, 4.69) is 4.98 Å². The summed E-state index contributed by atoms with van der Waals surface area (Å²) < 4.78 is 63.0. The molecule has 1 N–H and O–H groups in total. The molecular weight excluding hydrogens is 530 g/mol. The molecule has 4 aromatic rings. The van der Waals surface area contributed by atoms with Gasteiger partial charge in [-0.2, -0.15) is 0 Å². The Balaban J connectivity index is 1.51. The van der Waals surface area contributed by atoms with Crippen molar-refractivity contribution in [2.24, 2.45) is 0 Å². The maximum Gasteiger partial charge on any atom is 0.247 e. The molecule has 4 nitrogen and oxygen atoms in total. The van der Waals surface area contributed by atoms with Crippen LogP contribution in [-0.2, 0) is 22.3 Å². The molecule has 1 fully saturated rings. The van der Waals surface area contributed by atoms with Crippen molar-refractivity contribution in [2.75, 3.05) is 20.6 Å². The van der Waals surface area contributed by atoms with Crippen LogP contribution in [0.3, 0.4) is 0 Å². The summed E-state index contributed by atoms with van der Waals surface area (Å²) >= 11 is 0. The quantitative estimate of drug-likeness (QED) is 0.223. The minimum absolute atomic E-state index is 0.0597. The van der Waals surface area contributed by atoms with E-state index in [0.717, 1.165) is 5.56 Å². The van der Waals surface area contributed by atoms with Gasteiger partial charge < -0.3 is 9.88 Å². The van der Waals surface area contributed by atoms with Gasteiger partial charge in [0.25, 0.3) is 0 Å². The molecule has 1 spiro atoms. The number of benzene rings is 3. The number of aromatic amines is 1. The smallest absolute Gasteiger partial charge is 0.247 e. The molecule has 1 aliphatic carbocycles. The number of amides is 1. The van der Waals surface area contributed by atoms with Crippen LogP contribution in [0.5, 0.6) is 0 Å². The molecule has 1 amide bonds. The molecule has 0 saturated heterocycles. The second-order valence-electron chi connectivity index (χ2n) is 11.3. The minimum Gasteiger partial charge on any atom is -0.356 e. The van der Waals surface area contributed by atoms with Crippen LogP contribution in [0, 0.1) is 11.6 Å². The number of H-pyrrole nitrogens is 1. The highest BCUT2D eigenvalue weighted by molar-refractivity contribution is 5.94. The molecule has 2 heterocycles. The van der Waals surface area contributed by atoms with Gasteiger partial charge in [-0.15, -0.1) is 0 Å². The van der Waals surface area contributed by atoms with Crippen molar-refractivity contribution in [3.63, 3.8) is 0 Å². The van der Waals surface area contributed by atoms with Crippen molar-refractivity contribution in [3.05, 3.63) is 113 Å². The SMILES string of the molecule is CN(C)C1(c2cccc(F)c2)CC(F)C2(c3[nH]c4ccc(F)cc4c3CCN2C(=O)C=Cc2ccccc2)C(F)C1. The molecule has 1 aliphatic heterocycles. The molecule has 8 heteroatoms. The first-order valence-electron chi connectivity index (χ1n) is 13.7. The average molecular weight is 562 g/mol. The van der Waals surface area contributed by atoms with Gasteiger partial charge in [0.05, 0.1) is 11.2 Å². The van der Waals surface area contributed by atoms with Crippen molar-refractivity contribution in [1.82, 2.24) is 14.8 Å². The summed E-state index contributed by atoms with van der Waals surface area (Å²) in [4.78, 5) is 20.0. The summed E-state index contributed by atoms with van der Waals surface area (Å²) in [6.07, 6.45) is -0.811. The maximum atomic E-state index is 17.2. The van der Waals surface area contributed by atoms with Crippen molar-refractivity contribution >= 4 is 22.9 Å². The number of halogens is 4. The van der Waals surface area contributed by atoms with Crippen molar-refractivity contribution in [2.45, 2.75) is 42.7 Å². The van der Waals surface area contributed by atoms with Crippen LogP contribution in [0.1, 0.15) is 35.2 Å². The van der Waals surface area contributed by atoms with Crippen LogP contribution >= 0.6 is 0 Å². The highest BCUT2D eigenvalue weighted by Gasteiger charge is 2.64. The normalized spacial score (nSPS) is 26.3. The van der Waals surface area contributed by atoms with Crippen molar-refractivity contribution < 1.29 is 22.4 Å². The van der Waals surface area contributed by atoms with Crippen molar-refractivity contribution in [3.8, 4) is 0 Å². The van der Waals surface area contributed by atoms with Gasteiger partial charge in [0, 0.05) is 36.4 Å². The molecule has 3 aromatic carbocycles. The highest BCUT2D eigenvalue weighted by atomic mass is 19.2. The first kappa shape index (κ1) is 27.3. The Bertz CT molecular complexity index is 1620. The fourth-order valence-electron chi connectivity index (χ4n) is 6.95. The summed E-state index contributed by atoms with van der Waals surface area (Å²) in [7, 11) is 3.46. The lowest BCUT2D eigenvalue weighted by Crippen LogP contribution is -2.68. The number of aromatic nitrogens is 1. The van der Waals surface area contributed by atoms with E-state index in [-0.39, 0.29) is 25.1 Å². The molecule has 2 atom stereocenters. The lowest BCUT2D eigenvalue weighted by Gasteiger charge is -2.57. The van der Waals surface area contributed by atoms with Gasteiger partial charge >= 0.3 is 0 Å². The number of rotatable bonds is 4. The van der Waals surface area contributed by atoms with Crippen LogP contribution in [0.2, 0.25) is 0 Å². The number of nitrogens with one attached hydrogen (secondary N) is 1. The zero-order valence-corrected chi connectivity index (χ0v) is 22.9. The maximum absolute atomic E-state index is 17.2. The third-order valence-electron chi connectivity index (χ3n) is 8.99. The number of hydrogen-bond donors (Lipinski definition) is 1. The Hall–Kier alpha value is -3.91. The van der Waals surface area contributed by atoms with Gasteiger partial charge in [-0.3, -0.25) is 9.69 Å². The predicted molar refractivity (Wildman–Crippen MR) is 152 cm³/mol. The van der Waals surface area contributed by atoms with Gasteiger partial charge in [-0.05, 0) is 73.6 Å². The third kappa shape index (κ3) is 4.27. The van der Waals surface area contributed by atoms with E-state index in [9.17, 15) is 13.6 Å². The molecule has 2 aliphatic rings. The second kappa shape index (κ2) is 10.2. The third-order valence-corrected chi connectivity index (χ3v) is 8.99. The van der Waals surface area contributed by atoms with Crippen LogP contribution in [0.15, 0.2) is 78.9 Å². The van der Waals surface area contributed by atoms with Gasteiger partial charge in [-0.25, -0.2) is 17.6 Å². The zero-order valence-electron chi connectivity index (χ0n) is 22.9. The largest absolute Gasteiger partial charge is 0.356 e. The molecular formula is C33H31F4N3O. The molecule has 41 heavy (non-hydrogen) atoms. The lowest BCUT2D eigenvalue weighted by atomic mass is 9.63. The standard InChI is InChI=1S/C33H31F4N3O/c1-39(2)32(22-9-6-10-23(34)17-22)19-28(36)33(29(37)20-32)31-25(26-18-24(35)12-13-27(26)38-31)15-16-40(33)30(41)14-11-21-7-4-3-5-8-21/h3-14,17-18,28-29,38H,15-16,19-20H2,1-2H3. The molecule has 0 radical (unpaired) electrons. The molecule has 1 saturated carbocycles. The van der Waals surface area contributed by atoms with Gasteiger partial charge in [0.1, 0.15) is 29.5 Å². The van der Waals surface area contributed by atoms with E-state index >= 15 is 8.78 Å². The lowest BCUT2D eigenvalue weighted by molar-refractivity contribution is -0.158. The Morgan fingerprint density at radius 1 is 0.951 bits per heavy atom. The second-order valence-corrected chi connectivity index (χ2v) is 11.3. The molecule has 1 aromatic heterocycles. The van der Waals surface area contributed by atoms with E-state index in [4.69, 9.17) is 0 Å². The molecule has 2 unspecified atom stereocenters. The van der Waals surface area contributed by atoms with E-state index in [1.807, 2.05) is 30.3 Å². The van der Waals surface area contributed by atoms with E-state index in [1.54, 1.807) is 37.2 Å². The Morgan fingerprint density at radius 2 is 1.66 bits per heavy atom. The topological polar surface area (TPSA) is 39.3 Å². The predicted octanol–water partition coefficient (Wildman–Crippen LogP) is 6.67. The number of hydrogen-bond acceptors (Lipinski definition) is 2. The van der Waals surface area contributed by atoms with E-state index in [1.165, 1.54) is 41.3 Å². The number of carbonyl (C=O) groups is 1. The number of alkyl halides is 2. The summed E-state index contributed by atoms with van der Waals surface area (Å²) in [5, 5.41) is 0.556. The van der Waals surface area contributed by atoms with Gasteiger partial charge in [0.2, 0.25) is 5.91 Å². The number of carbonyl (C=O) groups excluding carboxylic acids is 1. The Labute approximate surface area is 236 Å². The Morgan fingerprint density at radius 3 is 2.34 bits per heavy atom. The monoisotopic (exact) mass is 561 g/mol. The van der Waals surface area contributed by atoms with Crippen LogP contribution in [0.25, 0.3) is 17.0 Å². The number of nitrogens with zero attached hydrogens (tertiary/aromatic N) is 2. The van der Waals surface area contributed by atoms with Gasteiger partial charge in [0.15, 0.2) is 0 Å². The summed E-state index contributed by atoms with van der Waals surface area (Å²) in [5.41, 5.74) is -0.451. The van der Waals surface area contributed by atoms with Crippen LogP contribution in [-0.4, -0.2) is 53.7 Å². The molecule has 6 rings (SSSR count). The highest BCUT2D eigenvalue weighted by Crippen LogP contribution is 2.56. The fraction of sp³-hybridized carbons (Fsp3) is 0.303. The Kier molecular flexibility index (Phi) is 6.77. The number of fused-ring (bicyclic) bond motifs is 4. The minimum atomic E-state index is -1.98. The van der Waals surface area contributed by atoms with Gasteiger partial charge in [-0.1, -0.05) is 42.5 Å². The van der Waals surface area contributed by atoms with Crippen LogP contribution < -0.4 is 0 Å². The first-order chi connectivity index (χ1) is 19.7. The van der Waals surface area contributed by atoms with E-state index in [0.29, 0.717) is 28.5 Å².